The number of anilines is 1. The number of nitrogens with one attached hydrogen (secondary N) is 1. The van der Waals surface area contributed by atoms with Crippen LogP contribution in [0.3, 0.4) is 0 Å². The van der Waals surface area contributed by atoms with Crippen LogP contribution in [0.25, 0.3) is 11.0 Å². The lowest BCUT2D eigenvalue weighted by Crippen LogP contribution is -2.27. The van der Waals surface area contributed by atoms with Crippen LogP contribution in [-0.2, 0) is 7.05 Å². The van der Waals surface area contributed by atoms with E-state index in [9.17, 15) is 0 Å². The van der Waals surface area contributed by atoms with Crippen molar-refractivity contribution in [2.75, 3.05) is 26.0 Å². The molecule has 0 unspecified atom stereocenters. The summed E-state index contributed by atoms with van der Waals surface area (Å²) in [4.78, 5) is 10.8. The third kappa shape index (κ3) is 2.78. The zero-order valence-corrected chi connectivity index (χ0v) is 13.1. The van der Waals surface area contributed by atoms with Gasteiger partial charge in [0, 0.05) is 13.6 Å². The first kappa shape index (κ1) is 14.5. The van der Waals surface area contributed by atoms with Gasteiger partial charge < -0.3 is 10.2 Å². The molecule has 0 radical (unpaired) electrons. The van der Waals surface area contributed by atoms with Crippen molar-refractivity contribution in [3.05, 3.63) is 48.4 Å². The molecule has 0 aliphatic carbocycles. The standard InChI is InChI=1S/C16H20N6/c1-21(2)14(12-7-5-4-6-8-12)10-17-15-13-9-20-22(3)16(13)19-11-18-15/h4-9,11,14H,10H2,1-3H3,(H,17,18,19)/t14-/m0/s1. The molecule has 6 heteroatoms. The van der Waals surface area contributed by atoms with Crippen LogP contribution < -0.4 is 5.32 Å². The number of fused-ring (bicyclic) bond motifs is 1. The van der Waals surface area contributed by atoms with E-state index in [0.717, 1.165) is 23.4 Å². The van der Waals surface area contributed by atoms with Gasteiger partial charge in [0.2, 0.25) is 0 Å². The Hall–Kier alpha value is -2.47. The minimum Gasteiger partial charge on any atom is -0.367 e. The third-order valence-corrected chi connectivity index (χ3v) is 3.80. The largest absolute Gasteiger partial charge is 0.367 e. The van der Waals surface area contributed by atoms with Crippen molar-refractivity contribution in [1.29, 1.82) is 0 Å². The van der Waals surface area contributed by atoms with E-state index in [1.807, 2.05) is 13.1 Å². The van der Waals surface area contributed by atoms with E-state index in [2.05, 4.69) is 63.6 Å². The third-order valence-electron chi connectivity index (χ3n) is 3.80. The van der Waals surface area contributed by atoms with Crippen molar-refractivity contribution in [2.45, 2.75) is 6.04 Å². The molecule has 0 amide bonds. The number of hydrogen-bond donors (Lipinski definition) is 1. The van der Waals surface area contributed by atoms with Gasteiger partial charge in [-0.3, -0.25) is 4.68 Å². The number of aryl methyl sites for hydroxylation is 1. The number of aromatic nitrogens is 4. The molecule has 1 N–H and O–H groups in total. The summed E-state index contributed by atoms with van der Waals surface area (Å²) in [5.74, 6) is 0.820. The van der Waals surface area contributed by atoms with E-state index in [1.54, 1.807) is 17.2 Å². The zero-order chi connectivity index (χ0) is 15.5. The predicted molar refractivity (Wildman–Crippen MR) is 87.7 cm³/mol. The van der Waals surface area contributed by atoms with Crippen molar-refractivity contribution >= 4 is 16.9 Å². The highest BCUT2D eigenvalue weighted by Gasteiger charge is 2.15. The molecule has 22 heavy (non-hydrogen) atoms. The molecule has 0 aliphatic rings. The highest BCUT2D eigenvalue weighted by molar-refractivity contribution is 5.85. The van der Waals surface area contributed by atoms with Crippen molar-refractivity contribution in [2.24, 2.45) is 7.05 Å². The highest BCUT2D eigenvalue weighted by Crippen LogP contribution is 2.21. The molecule has 0 saturated carbocycles. The molecule has 0 saturated heterocycles. The van der Waals surface area contributed by atoms with Crippen LogP contribution >= 0.6 is 0 Å². The molecule has 2 aromatic heterocycles. The average Bonchev–Trinajstić information content (AvgIpc) is 2.91. The second-order valence-electron chi connectivity index (χ2n) is 5.50. The van der Waals surface area contributed by atoms with Gasteiger partial charge in [0.05, 0.1) is 17.6 Å². The first-order valence-corrected chi connectivity index (χ1v) is 7.25. The summed E-state index contributed by atoms with van der Waals surface area (Å²) in [6.45, 7) is 0.762. The molecule has 0 bridgehead atoms. The van der Waals surface area contributed by atoms with Gasteiger partial charge in [0.15, 0.2) is 5.65 Å². The molecule has 0 spiro atoms. The van der Waals surface area contributed by atoms with Crippen LogP contribution in [0, 0.1) is 0 Å². The minimum atomic E-state index is 0.267. The monoisotopic (exact) mass is 296 g/mol. The quantitative estimate of drug-likeness (QED) is 0.781. The average molecular weight is 296 g/mol. The van der Waals surface area contributed by atoms with E-state index in [-0.39, 0.29) is 6.04 Å². The summed E-state index contributed by atoms with van der Waals surface area (Å²) in [5, 5.41) is 8.62. The maximum Gasteiger partial charge on any atom is 0.163 e. The van der Waals surface area contributed by atoms with Crippen molar-refractivity contribution in [3.8, 4) is 0 Å². The molecule has 2 heterocycles. The maximum absolute atomic E-state index is 4.35. The highest BCUT2D eigenvalue weighted by atomic mass is 15.3. The van der Waals surface area contributed by atoms with Crippen molar-refractivity contribution in [3.63, 3.8) is 0 Å². The van der Waals surface area contributed by atoms with Gasteiger partial charge in [-0.05, 0) is 19.7 Å². The topological polar surface area (TPSA) is 58.9 Å². The summed E-state index contributed by atoms with van der Waals surface area (Å²) >= 11 is 0. The van der Waals surface area contributed by atoms with Gasteiger partial charge in [-0.15, -0.1) is 0 Å². The smallest absolute Gasteiger partial charge is 0.163 e. The van der Waals surface area contributed by atoms with Crippen LogP contribution in [0.1, 0.15) is 11.6 Å². The zero-order valence-electron chi connectivity index (χ0n) is 13.1. The van der Waals surface area contributed by atoms with Crippen LogP contribution in [-0.4, -0.2) is 45.3 Å². The Labute approximate surface area is 129 Å². The van der Waals surface area contributed by atoms with Crippen LogP contribution in [0.15, 0.2) is 42.9 Å². The Morgan fingerprint density at radius 3 is 2.68 bits per heavy atom. The maximum atomic E-state index is 4.35. The van der Waals surface area contributed by atoms with Gasteiger partial charge >= 0.3 is 0 Å². The number of rotatable bonds is 5. The Kier molecular flexibility index (Phi) is 4.02. The summed E-state index contributed by atoms with van der Waals surface area (Å²) in [6.07, 6.45) is 3.37. The van der Waals surface area contributed by atoms with Gasteiger partial charge in [0.1, 0.15) is 12.1 Å². The Morgan fingerprint density at radius 1 is 1.18 bits per heavy atom. The summed E-state index contributed by atoms with van der Waals surface area (Å²) in [5.41, 5.74) is 2.11. The van der Waals surface area contributed by atoms with Crippen LogP contribution in [0.4, 0.5) is 5.82 Å². The van der Waals surface area contributed by atoms with E-state index in [1.165, 1.54) is 5.56 Å². The lowest BCUT2D eigenvalue weighted by molar-refractivity contribution is 0.311. The normalized spacial score (nSPS) is 12.7. The number of nitrogens with zero attached hydrogens (tertiary/aromatic N) is 5. The Bertz CT molecular complexity index is 750. The second kappa shape index (κ2) is 6.11. The van der Waals surface area contributed by atoms with E-state index < -0.39 is 0 Å². The first-order valence-electron chi connectivity index (χ1n) is 7.25. The Balaban J connectivity index is 1.83. The van der Waals surface area contributed by atoms with E-state index in [4.69, 9.17) is 0 Å². The molecular formula is C16H20N6. The second-order valence-corrected chi connectivity index (χ2v) is 5.50. The molecule has 6 nitrogen and oxygen atoms in total. The lowest BCUT2D eigenvalue weighted by atomic mass is 10.1. The molecule has 3 aromatic rings. The fourth-order valence-electron chi connectivity index (χ4n) is 2.57. The SMILES string of the molecule is CN(C)[C@@H](CNc1ncnc2c1cnn2C)c1ccccc1. The molecular weight excluding hydrogens is 276 g/mol. The van der Waals surface area contributed by atoms with E-state index in [0.29, 0.717) is 0 Å². The summed E-state index contributed by atoms with van der Waals surface area (Å²) in [6, 6.07) is 10.7. The number of likely N-dealkylation sites (N-methyl/N-ethyl adjacent to an activating group) is 1. The molecule has 1 aromatic carbocycles. The minimum absolute atomic E-state index is 0.267. The van der Waals surface area contributed by atoms with Crippen molar-refractivity contribution in [1.82, 2.24) is 24.6 Å². The predicted octanol–water partition coefficient (Wildman–Crippen LogP) is 2.08. The number of hydrogen-bond acceptors (Lipinski definition) is 5. The lowest BCUT2D eigenvalue weighted by Gasteiger charge is -2.25. The van der Waals surface area contributed by atoms with Crippen LogP contribution in [0.5, 0.6) is 0 Å². The van der Waals surface area contributed by atoms with Gasteiger partial charge in [0.25, 0.3) is 0 Å². The van der Waals surface area contributed by atoms with Gasteiger partial charge in [-0.2, -0.15) is 5.10 Å². The van der Waals surface area contributed by atoms with Crippen LogP contribution in [0.2, 0.25) is 0 Å². The first-order chi connectivity index (χ1) is 10.7. The summed E-state index contributed by atoms with van der Waals surface area (Å²) < 4.78 is 1.75. The van der Waals surface area contributed by atoms with Gasteiger partial charge in [-0.1, -0.05) is 30.3 Å². The fourth-order valence-corrected chi connectivity index (χ4v) is 2.57. The number of benzene rings is 1. The fraction of sp³-hybridized carbons (Fsp3) is 0.312. The van der Waals surface area contributed by atoms with Gasteiger partial charge in [-0.25, -0.2) is 9.97 Å². The summed E-state index contributed by atoms with van der Waals surface area (Å²) in [7, 11) is 6.05. The Morgan fingerprint density at radius 2 is 1.95 bits per heavy atom. The molecule has 1 atom stereocenters. The van der Waals surface area contributed by atoms with Crippen molar-refractivity contribution < 1.29 is 0 Å². The molecule has 3 rings (SSSR count). The molecule has 0 aliphatic heterocycles. The van der Waals surface area contributed by atoms with E-state index >= 15 is 0 Å². The molecule has 114 valence electrons. The molecule has 0 fully saturated rings.